The number of carbonyl (C=O) groups is 2. The second-order valence-electron chi connectivity index (χ2n) is 8.61. The van der Waals surface area contributed by atoms with Crippen LogP contribution in [0.5, 0.6) is 0 Å². The first kappa shape index (κ1) is 19.4. The maximum atomic E-state index is 13.6. The van der Waals surface area contributed by atoms with Gasteiger partial charge < -0.3 is 4.84 Å². The van der Waals surface area contributed by atoms with Gasteiger partial charge in [0.15, 0.2) is 0 Å². The molecule has 2 aliphatic heterocycles. The predicted octanol–water partition coefficient (Wildman–Crippen LogP) is 3.56. The van der Waals surface area contributed by atoms with Crippen LogP contribution in [-0.4, -0.2) is 28.6 Å². The number of benzene rings is 2. The van der Waals surface area contributed by atoms with Crippen LogP contribution >= 0.6 is 11.6 Å². The van der Waals surface area contributed by atoms with Crippen molar-refractivity contribution in [3.63, 3.8) is 0 Å². The zero-order chi connectivity index (χ0) is 22.3. The number of anilines is 1. The van der Waals surface area contributed by atoms with Crippen LogP contribution < -0.4 is 4.90 Å². The lowest BCUT2D eigenvalue weighted by molar-refractivity contribution is -0.384. The van der Waals surface area contributed by atoms with Gasteiger partial charge in [-0.1, -0.05) is 28.9 Å². The van der Waals surface area contributed by atoms with Gasteiger partial charge in [0.05, 0.1) is 33.2 Å². The number of hydrogen-bond acceptors (Lipinski definition) is 6. The SMILES string of the molecule is O=C1[C@@H]2[C@H]3C[C@@H]([C@H]4C(c5cccc([N+](=O)[O-])c5)=NO[C@H]34)[C@H]2C(=O)N1c1ccc(F)c(Cl)c1. The van der Waals surface area contributed by atoms with E-state index in [0.29, 0.717) is 17.7 Å². The van der Waals surface area contributed by atoms with E-state index < -0.39 is 22.6 Å². The molecule has 32 heavy (non-hydrogen) atoms. The number of nitrogens with zero attached hydrogens (tertiary/aromatic N) is 3. The molecule has 0 radical (unpaired) electrons. The summed E-state index contributed by atoms with van der Waals surface area (Å²) in [6.07, 6.45) is 0.290. The molecule has 10 heteroatoms. The van der Waals surface area contributed by atoms with Gasteiger partial charge in [-0.2, -0.15) is 0 Å². The highest BCUT2D eigenvalue weighted by atomic mass is 35.5. The monoisotopic (exact) mass is 455 g/mol. The lowest BCUT2D eigenvalue weighted by Crippen LogP contribution is -2.41. The third kappa shape index (κ3) is 2.45. The molecule has 2 amide bonds. The number of hydrogen-bond donors (Lipinski definition) is 0. The fourth-order valence-electron chi connectivity index (χ4n) is 6.02. The number of halogens is 2. The molecule has 2 aromatic carbocycles. The summed E-state index contributed by atoms with van der Waals surface area (Å²) >= 11 is 5.87. The number of carbonyl (C=O) groups excluding carboxylic acids is 2. The van der Waals surface area contributed by atoms with E-state index in [1.54, 1.807) is 12.1 Å². The van der Waals surface area contributed by atoms with Crippen molar-refractivity contribution in [2.75, 3.05) is 4.90 Å². The van der Waals surface area contributed by atoms with Crippen LogP contribution in [-0.2, 0) is 14.4 Å². The second-order valence-corrected chi connectivity index (χ2v) is 9.01. The molecule has 0 spiro atoms. The van der Waals surface area contributed by atoms with Gasteiger partial charge in [0, 0.05) is 29.5 Å². The fourth-order valence-corrected chi connectivity index (χ4v) is 6.20. The average molecular weight is 456 g/mol. The predicted molar refractivity (Wildman–Crippen MR) is 110 cm³/mol. The van der Waals surface area contributed by atoms with Crippen molar-refractivity contribution in [3.05, 3.63) is 69.0 Å². The van der Waals surface area contributed by atoms with Gasteiger partial charge >= 0.3 is 0 Å². The lowest BCUT2D eigenvalue weighted by Gasteiger charge is -2.29. The zero-order valence-corrected chi connectivity index (χ0v) is 17.1. The molecular formula is C22H15ClFN3O5. The minimum absolute atomic E-state index is 0.0545. The Morgan fingerprint density at radius 2 is 1.84 bits per heavy atom. The van der Waals surface area contributed by atoms with E-state index in [9.17, 15) is 24.1 Å². The van der Waals surface area contributed by atoms with E-state index in [1.165, 1.54) is 24.3 Å². The van der Waals surface area contributed by atoms with Gasteiger partial charge in [0.1, 0.15) is 11.9 Å². The van der Waals surface area contributed by atoms with Crippen molar-refractivity contribution in [1.82, 2.24) is 0 Å². The molecule has 2 saturated carbocycles. The first-order valence-electron chi connectivity index (χ1n) is 10.2. The van der Waals surface area contributed by atoms with Gasteiger partial charge in [-0.05, 0) is 30.5 Å². The molecule has 2 heterocycles. The minimum atomic E-state index is -0.629. The Bertz CT molecular complexity index is 1250. The molecule has 162 valence electrons. The van der Waals surface area contributed by atoms with Crippen LogP contribution in [0.25, 0.3) is 0 Å². The van der Waals surface area contributed by atoms with Gasteiger partial charge in [-0.15, -0.1) is 0 Å². The maximum Gasteiger partial charge on any atom is 0.270 e. The summed E-state index contributed by atoms with van der Waals surface area (Å²) in [4.78, 5) is 44.1. The number of rotatable bonds is 3. The Labute approximate surface area is 185 Å². The van der Waals surface area contributed by atoms with Crippen molar-refractivity contribution in [2.45, 2.75) is 12.5 Å². The van der Waals surface area contributed by atoms with Crippen molar-refractivity contribution < 1.29 is 23.7 Å². The number of oxime groups is 1. The number of amides is 2. The van der Waals surface area contributed by atoms with Gasteiger partial charge in [0.25, 0.3) is 5.69 Å². The quantitative estimate of drug-likeness (QED) is 0.400. The molecule has 2 aliphatic carbocycles. The summed E-state index contributed by atoms with van der Waals surface area (Å²) in [6, 6.07) is 9.95. The van der Waals surface area contributed by atoms with E-state index in [2.05, 4.69) is 5.16 Å². The molecule has 3 fully saturated rings. The Hall–Kier alpha value is -3.33. The average Bonchev–Trinajstić information content (AvgIpc) is 3.50. The molecule has 4 aliphatic rings. The van der Waals surface area contributed by atoms with E-state index in [4.69, 9.17) is 16.4 Å². The van der Waals surface area contributed by atoms with Crippen LogP contribution in [0.15, 0.2) is 47.6 Å². The summed E-state index contributed by atoms with van der Waals surface area (Å²) < 4.78 is 13.6. The van der Waals surface area contributed by atoms with Gasteiger partial charge in [-0.25, -0.2) is 9.29 Å². The van der Waals surface area contributed by atoms with Crippen LogP contribution in [0, 0.1) is 45.5 Å². The molecule has 1 saturated heterocycles. The van der Waals surface area contributed by atoms with Crippen molar-refractivity contribution >= 4 is 40.5 Å². The Morgan fingerprint density at radius 3 is 2.56 bits per heavy atom. The Balaban J connectivity index is 1.34. The van der Waals surface area contributed by atoms with Crippen LogP contribution in [0.4, 0.5) is 15.8 Å². The van der Waals surface area contributed by atoms with Crippen molar-refractivity contribution in [3.8, 4) is 0 Å². The normalized spacial score (nSPS) is 32.1. The summed E-state index contributed by atoms with van der Waals surface area (Å²) in [5.41, 5.74) is 1.35. The van der Waals surface area contributed by atoms with Gasteiger partial charge in [0.2, 0.25) is 11.8 Å². The first-order valence-corrected chi connectivity index (χ1v) is 10.6. The highest BCUT2D eigenvalue weighted by Crippen LogP contribution is 2.62. The van der Waals surface area contributed by atoms with Gasteiger partial charge in [-0.3, -0.25) is 19.7 Å². The van der Waals surface area contributed by atoms with Crippen LogP contribution in [0.3, 0.4) is 0 Å². The largest absolute Gasteiger partial charge is 0.391 e. The summed E-state index contributed by atoms with van der Waals surface area (Å²) in [5.74, 6) is -2.95. The molecule has 0 unspecified atom stereocenters. The number of fused-ring (bicyclic) bond motifs is 8. The van der Waals surface area contributed by atoms with Crippen molar-refractivity contribution in [2.24, 2.45) is 34.7 Å². The molecule has 6 atom stereocenters. The van der Waals surface area contributed by atoms with Crippen LogP contribution in [0.2, 0.25) is 5.02 Å². The number of non-ortho nitro benzene ring substituents is 1. The molecule has 2 aromatic rings. The molecule has 6 rings (SSSR count). The number of nitro benzene ring substituents is 1. The summed E-state index contributed by atoms with van der Waals surface area (Å²) in [7, 11) is 0. The molecule has 8 nitrogen and oxygen atoms in total. The molecule has 0 N–H and O–H groups in total. The smallest absolute Gasteiger partial charge is 0.270 e. The molecular weight excluding hydrogens is 441 g/mol. The summed E-state index contributed by atoms with van der Waals surface area (Å²) in [5, 5.41) is 15.2. The third-order valence-electron chi connectivity index (χ3n) is 7.20. The standard InChI is InChI=1S/C22H15ClFN3O5/c23-14-7-10(4-5-15(14)24)26-21(28)16-12-8-13(17(16)22(26)29)20-18(12)19(25-32-20)9-2-1-3-11(6-9)27(30)31/h1-7,12-13,16-18,20H,8H2/t12-,13-,16-,17-,18+,20-/m1/s1. The topological polar surface area (TPSA) is 102 Å². The third-order valence-corrected chi connectivity index (χ3v) is 7.49. The number of nitro groups is 1. The maximum absolute atomic E-state index is 13.6. The first-order chi connectivity index (χ1) is 15.4. The van der Waals surface area contributed by atoms with E-state index in [-0.39, 0.29) is 52.1 Å². The van der Waals surface area contributed by atoms with E-state index in [0.717, 1.165) is 11.0 Å². The summed E-state index contributed by atoms with van der Waals surface area (Å²) in [6.45, 7) is 0. The molecule has 0 aromatic heterocycles. The Kier molecular flexibility index (Phi) is 3.98. The van der Waals surface area contributed by atoms with E-state index in [1.807, 2.05) is 0 Å². The number of imide groups is 1. The lowest BCUT2D eigenvalue weighted by atomic mass is 9.71. The zero-order valence-electron chi connectivity index (χ0n) is 16.4. The van der Waals surface area contributed by atoms with E-state index >= 15 is 0 Å². The minimum Gasteiger partial charge on any atom is -0.391 e. The highest BCUT2D eigenvalue weighted by molar-refractivity contribution is 6.31. The highest BCUT2D eigenvalue weighted by Gasteiger charge is 2.70. The fraction of sp³-hybridized carbons (Fsp3) is 0.318. The second kappa shape index (κ2) is 6.59. The van der Waals surface area contributed by atoms with Crippen LogP contribution in [0.1, 0.15) is 12.0 Å². The Morgan fingerprint density at radius 1 is 1.09 bits per heavy atom. The molecule has 2 bridgehead atoms. The van der Waals surface area contributed by atoms with Crippen molar-refractivity contribution in [1.29, 1.82) is 0 Å².